The molecule has 1 aliphatic heterocycles. The predicted octanol–water partition coefficient (Wildman–Crippen LogP) is 4.75. The van der Waals surface area contributed by atoms with Gasteiger partial charge in [0.05, 0.1) is 30.4 Å². The van der Waals surface area contributed by atoms with E-state index in [1.54, 1.807) is 6.07 Å². The van der Waals surface area contributed by atoms with Crippen molar-refractivity contribution in [3.63, 3.8) is 0 Å². The van der Waals surface area contributed by atoms with Gasteiger partial charge in [-0.15, -0.1) is 5.10 Å². The Morgan fingerprint density at radius 2 is 2.00 bits per heavy atom. The maximum atomic E-state index is 9.62. The highest BCUT2D eigenvalue weighted by Crippen LogP contribution is 2.33. The zero-order valence-electron chi connectivity index (χ0n) is 18.4. The number of nitrogens with zero attached hydrogens (tertiary/aromatic N) is 3. The first-order valence-electron chi connectivity index (χ1n) is 11.1. The fourth-order valence-electron chi connectivity index (χ4n) is 4.52. The van der Waals surface area contributed by atoms with Gasteiger partial charge in [0.1, 0.15) is 0 Å². The number of rotatable bonds is 6. The third-order valence-electron chi connectivity index (χ3n) is 6.16. The maximum Gasteiger partial charge on any atom is 0.207 e. The second kappa shape index (κ2) is 10.1. The Hall–Kier alpha value is -1.70. The van der Waals surface area contributed by atoms with Gasteiger partial charge in [0.25, 0.3) is 0 Å². The van der Waals surface area contributed by atoms with Crippen LogP contribution in [0, 0.1) is 10.7 Å². The summed E-state index contributed by atoms with van der Waals surface area (Å²) < 4.78 is 4.58. The first kappa shape index (κ1) is 23.5. The van der Waals surface area contributed by atoms with Crippen molar-refractivity contribution in [1.29, 1.82) is 0 Å². The molecule has 2 N–H and O–H groups in total. The number of hydrogen-bond acceptors (Lipinski definition) is 3. The molecule has 5 nitrogen and oxygen atoms in total. The Morgan fingerprint density at radius 3 is 2.72 bits per heavy atom. The van der Waals surface area contributed by atoms with E-state index in [2.05, 4.69) is 32.0 Å². The van der Waals surface area contributed by atoms with E-state index in [4.69, 9.17) is 40.5 Å². The number of halogens is 2. The zero-order chi connectivity index (χ0) is 22.8. The van der Waals surface area contributed by atoms with Gasteiger partial charge in [0, 0.05) is 16.5 Å². The van der Waals surface area contributed by atoms with Crippen LogP contribution in [0.3, 0.4) is 0 Å². The van der Waals surface area contributed by atoms with E-state index in [0.717, 1.165) is 37.2 Å². The van der Waals surface area contributed by atoms with Crippen LogP contribution in [0.15, 0.2) is 42.5 Å². The molecule has 1 fully saturated rings. The normalized spacial score (nSPS) is 18.9. The van der Waals surface area contributed by atoms with Crippen LogP contribution in [0.25, 0.3) is 17.1 Å². The summed E-state index contributed by atoms with van der Waals surface area (Å²) in [4.78, 5) is 1.38. The van der Waals surface area contributed by atoms with Crippen molar-refractivity contribution >= 4 is 35.4 Å². The van der Waals surface area contributed by atoms with Crippen LogP contribution in [0.2, 0.25) is 10.0 Å². The summed E-state index contributed by atoms with van der Waals surface area (Å²) in [6, 6.07) is 13.8. The zero-order valence-corrected chi connectivity index (χ0v) is 20.7. The predicted molar refractivity (Wildman–Crippen MR) is 132 cm³/mol. The Bertz CT molecular complexity index is 1160. The Kier molecular flexibility index (Phi) is 7.37. The molecule has 1 aromatic heterocycles. The number of benzene rings is 2. The van der Waals surface area contributed by atoms with Gasteiger partial charge in [0.2, 0.25) is 4.77 Å². The van der Waals surface area contributed by atoms with Crippen molar-refractivity contribution in [1.82, 2.24) is 14.3 Å². The lowest BCUT2D eigenvalue weighted by Crippen LogP contribution is -3.13. The lowest BCUT2D eigenvalue weighted by atomic mass is 10.00. The quantitative estimate of drug-likeness (QED) is 0.489. The molecule has 1 saturated heterocycles. The van der Waals surface area contributed by atoms with Crippen molar-refractivity contribution in [2.75, 3.05) is 19.7 Å². The number of aliphatic hydroxyl groups is 1. The van der Waals surface area contributed by atoms with Crippen LogP contribution in [0.5, 0.6) is 0 Å². The summed E-state index contributed by atoms with van der Waals surface area (Å²) >= 11 is 18.7. The van der Waals surface area contributed by atoms with E-state index in [0.29, 0.717) is 39.1 Å². The standard InChI is InChI=1S/C24H28Cl2N4OS/c1-16(2)19-7-3-4-8-22(19)30-23(20-10-9-18(25)12-21(20)26)27-29(24(30)32)15-28-11-5-6-17(13-28)14-31/h3-4,7-10,12,16-17,31H,5-6,11,13-15H2,1-2H3/p+1/t17-/m0/s1. The molecule has 0 radical (unpaired) electrons. The summed E-state index contributed by atoms with van der Waals surface area (Å²) in [5.74, 6) is 1.37. The van der Waals surface area contributed by atoms with E-state index in [1.165, 1.54) is 10.5 Å². The molecule has 4 rings (SSSR count). The number of aliphatic hydroxyl groups excluding tert-OH is 1. The maximum absolute atomic E-state index is 9.62. The van der Waals surface area contributed by atoms with Crippen molar-refractivity contribution < 1.29 is 10.0 Å². The largest absolute Gasteiger partial charge is 0.396 e. The third-order valence-corrected chi connectivity index (χ3v) is 7.10. The third kappa shape index (κ3) is 4.80. The molecule has 32 heavy (non-hydrogen) atoms. The van der Waals surface area contributed by atoms with Crippen LogP contribution in [-0.4, -0.2) is 39.2 Å². The minimum absolute atomic E-state index is 0.233. The lowest BCUT2D eigenvalue weighted by molar-refractivity contribution is -0.931. The van der Waals surface area contributed by atoms with Crippen molar-refractivity contribution in [3.05, 3.63) is 62.8 Å². The summed E-state index contributed by atoms with van der Waals surface area (Å²) in [6.45, 7) is 7.21. The fourth-order valence-corrected chi connectivity index (χ4v) is 5.30. The average molecular weight is 492 g/mol. The highest BCUT2D eigenvalue weighted by molar-refractivity contribution is 7.71. The van der Waals surface area contributed by atoms with Gasteiger partial charge in [-0.05, 0) is 60.8 Å². The molecule has 8 heteroatoms. The molecule has 1 unspecified atom stereocenters. The van der Waals surface area contributed by atoms with Gasteiger partial charge >= 0.3 is 0 Å². The molecule has 2 heterocycles. The summed E-state index contributed by atoms with van der Waals surface area (Å²) in [6.07, 6.45) is 2.17. The van der Waals surface area contributed by atoms with Crippen LogP contribution in [0.4, 0.5) is 0 Å². The van der Waals surface area contributed by atoms with E-state index in [1.807, 2.05) is 27.4 Å². The number of para-hydroxylation sites is 1. The van der Waals surface area contributed by atoms with Crippen LogP contribution >= 0.6 is 35.4 Å². The van der Waals surface area contributed by atoms with Crippen LogP contribution in [-0.2, 0) is 6.67 Å². The smallest absolute Gasteiger partial charge is 0.207 e. The number of quaternary nitrogens is 1. The number of aromatic nitrogens is 3. The van der Waals surface area contributed by atoms with E-state index >= 15 is 0 Å². The van der Waals surface area contributed by atoms with Gasteiger partial charge in [-0.25, -0.2) is 0 Å². The molecular weight excluding hydrogens is 463 g/mol. The number of likely N-dealkylation sites (tertiary alicyclic amines) is 1. The van der Waals surface area contributed by atoms with Gasteiger partial charge in [-0.1, -0.05) is 55.2 Å². The van der Waals surface area contributed by atoms with Crippen molar-refractivity contribution in [3.8, 4) is 17.1 Å². The van der Waals surface area contributed by atoms with Gasteiger partial charge < -0.3 is 10.0 Å². The minimum Gasteiger partial charge on any atom is -0.396 e. The Morgan fingerprint density at radius 1 is 1.22 bits per heavy atom. The second-order valence-corrected chi connectivity index (χ2v) is 10.0. The van der Waals surface area contributed by atoms with E-state index in [-0.39, 0.29) is 6.61 Å². The van der Waals surface area contributed by atoms with Crippen LogP contribution in [0.1, 0.15) is 38.2 Å². The second-order valence-electron chi connectivity index (χ2n) is 8.83. The number of hydrogen-bond donors (Lipinski definition) is 2. The Balaban J connectivity index is 1.85. The Labute approximate surface area is 204 Å². The van der Waals surface area contributed by atoms with Gasteiger partial charge in [-0.2, -0.15) is 4.68 Å². The van der Waals surface area contributed by atoms with Gasteiger partial charge in [-0.3, -0.25) is 4.57 Å². The van der Waals surface area contributed by atoms with Gasteiger partial charge in [0.15, 0.2) is 12.5 Å². The summed E-state index contributed by atoms with van der Waals surface area (Å²) in [5.41, 5.74) is 3.00. The van der Waals surface area contributed by atoms with E-state index in [9.17, 15) is 5.11 Å². The fraction of sp³-hybridized carbons (Fsp3) is 0.417. The molecule has 0 amide bonds. The first-order chi connectivity index (χ1) is 15.4. The topological polar surface area (TPSA) is 47.4 Å². The summed E-state index contributed by atoms with van der Waals surface area (Å²) in [7, 11) is 0. The SMILES string of the molecule is CC(C)c1ccccc1-n1c(-c2ccc(Cl)cc2Cl)nn(C[NH+]2CCC[C@H](CO)C2)c1=S. The molecule has 0 spiro atoms. The van der Waals surface area contributed by atoms with Crippen LogP contribution < -0.4 is 4.90 Å². The molecule has 170 valence electrons. The highest BCUT2D eigenvalue weighted by Gasteiger charge is 2.25. The molecule has 0 aliphatic carbocycles. The molecule has 3 aromatic rings. The minimum atomic E-state index is 0.233. The van der Waals surface area contributed by atoms with Crippen molar-refractivity contribution in [2.45, 2.75) is 39.3 Å². The number of nitrogens with one attached hydrogen (secondary N) is 1. The molecule has 0 saturated carbocycles. The molecule has 2 atom stereocenters. The molecule has 2 aromatic carbocycles. The highest BCUT2D eigenvalue weighted by atomic mass is 35.5. The van der Waals surface area contributed by atoms with Crippen molar-refractivity contribution in [2.24, 2.45) is 5.92 Å². The molecule has 0 bridgehead atoms. The average Bonchev–Trinajstić information content (AvgIpc) is 3.09. The molecule has 1 aliphatic rings. The first-order valence-corrected chi connectivity index (χ1v) is 12.2. The lowest BCUT2D eigenvalue weighted by Gasteiger charge is -2.28. The summed E-state index contributed by atoms with van der Waals surface area (Å²) in [5, 5.41) is 15.7. The molecular formula is C24H29Cl2N4OS+. The monoisotopic (exact) mass is 491 g/mol. The van der Waals surface area contributed by atoms with E-state index < -0.39 is 0 Å². The number of piperidine rings is 1.